The van der Waals surface area contributed by atoms with Crippen molar-refractivity contribution in [2.75, 3.05) is 0 Å². The van der Waals surface area contributed by atoms with Gasteiger partial charge in [0.1, 0.15) is 0 Å². The molecule has 0 spiro atoms. The van der Waals surface area contributed by atoms with Gasteiger partial charge in [0.2, 0.25) is 0 Å². The summed E-state index contributed by atoms with van der Waals surface area (Å²) in [5.41, 5.74) is 2.90. The van der Waals surface area contributed by atoms with Crippen LogP contribution >= 0.6 is 0 Å². The van der Waals surface area contributed by atoms with E-state index >= 15 is 0 Å². The summed E-state index contributed by atoms with van der Waals surface area (Å²) in [6, 6.07) is 28.2. The molecule has 0 atom stereocenters. The SMILES string of the molecule is CC1(C)OB(c2ccc3cc(-c4cccc5ccccc45)ccc3c2)OC1(C)C. The van der Waals surface area contributed by atoms with Crippen molar-refractivity contribution in [1.82, 2.24) is 0 Å². The number of hydrogen-bond donors (Lipinski definition) is 0. The first-order chi connectivity index (χ1) is 13.8. The molecule has 0 bridgehead atoms. The molecule has 0 amide bonds. The quantitative estimate of drug-likeness (QED) is 0.400. The zero-order chi connectivity index (χ0) is 20.2. The molecule has 0 saturated carbocycles. The molecule has 1 saturated heterocycles. The molecule has 1 aliphatic rings. The van der Waals surface area contributed by atoms with Crippen molar-refractivity contribution < 1.29 is 9.31 Å². The summed E-state index contributed by atoms with van der Waals surface area (Å²) in [5.74, 6) is 0. The van der Waals surface area contributed by atoms with Gasteiger partial charge in [0, 0.05) is 0 Å². The summed E-state index contributed by atoms with van der Waals surface area (Å²) in [6.45, 7) is 8.35. The smallest absolute Gasteiger partial charge is 0.399 e. The Morgan fingerprint density at radius 3 is 2.07 bits per heavy atom. The lowest BCUT2D eigenvalue weighted by Gasteiger charge is -2.32. The van der Waals surface area contributed by atoms with E-state index in [-0.39, 0.29) is 18.3 Å². The van der Waals surface area contributed by atoms with Gasteiger partial charge in [-0.2, -0.15) is 0 Å². The Balaban J connectivity index is 1.54. The third-order valence-corrected chi connectivity index (χ3v) is 6.49. The average Bonchev–Trinajstić information content (AvgIpc) is 2.94. The van der Waals surface area contributed by atoms with E-state index in [1.165, 1.54) is 32.7 Å². The highest BCUT2D eigenvalue weighted by atomic mass is 16.7. The minimum absolute atomic E-state index is 0.329. The molecule has 5 rings (SSSR count). The third kappa shape index (κ3) is 3.06. The van der Waals surface area contributed by atoms with Gasteiger partial charge in [0.05, 0.1) is 11.2 Å². The normalized spacial score (nSPS) is 17.9. The summed E-state index contributed by atoms with van der Waals surface area (Å²) in [5, 5.41) is 4.96. The fourth-order valence-electron chi connectivity index (χ4n) is 4.03. The summed E-state index contributed by atoms with van der Waals surface area (Å²) in [6.07, 6.45) is 0. The molecule has 1 heterocycles. The van der Waals surface area contributed by atoms with Gasteiger partial charge in [0.15, 0.2) is 0 Å². The van der Waals surface area contributed by atoms with Crippen molar-refractivity contribution in [3.05, 3.63) is 78.9 Å². The molecule has 1 fully saturated rings. The largest absolute Gasteiger partial charge is 0.494 e. The Morgan fingerprint density at radius 2 is 1.28 bits per heavy atom. The number of hydrogen-bond acceptors (Lipinski definition) is 2. The van der Waals surface area contributed by atoms with E-state index in [2.05, 4.69) is 107 Å². The molecule has 3 heteroatoms. The number of rotatable bonds is 2. The van der Waals surface area contributed by atoms with Gasteiger partial charge in [-0.15, -0.1) is 0 Å². The molecule has 0 N–H and O–H groups in total. The van der Waals surface area contributed by atoms with Gasteiger partial charge in [-0.05, 0) is 71.9 Å². The fourth-order valence-corrected chi connectivity index (χ4v) is 4.03. The molecule has 2 nitrogen and oxygen atoms in total. The van der Waals surface area contributed by atoms with E-state index in [0.717, 1.165) is 5.46 Å². The molecule has 4 aromatic rings. The highest BCUT2D eigenvalue weighted by molar-refractivity contribution is 6.62. The number of benzene rings is 4. The van der Waals surface area contributed by atoms with Gasteiger partial charge in [-0.25, -0.2) is 0 Å². The van der Waals surface area contributed by atoms with Crippen LogP contribution in [0.5, 0.6) is 0 Å². The lowest BCUT2D eigenvalue weighted by molar-refractivity contribution is 0.00578. The lowest BCUT2D eigenvalue weighted by atomic mass is 9.78. The minimum atomic E-state index is -0.331. The zero-order valence-electron chi connectivity index (χ0n) is 17.4. The number of fused-ring (bicyclic) bond motifs is 2. The Kier molecular flexibility index (Phi) is 4.09. The van der Waals surface area contributed by atoms with E-state index in [0.29, 0.717) is 0 Å². The van der Waals surface area contributed by atoms with Crippen molar-refractivity contribution >= 4 is 34.1 Å². The molecule has 1 aliphatic heterocycles. The zero-order valence-corrected chi connectivity index (χ0v) is 17.4. The van der Waals surface area contributed by atoms with Gasteiger partial charge in [-0.3, -0.25) is 0 Å². The van der Waals surface area contributed by atoms with Gasteiger partial charge >= 0.3 is 7.12 Å². The van der Waals surface area contributed by atoms with Gasteiger partial charge in [-0.1, -0.05) is 72.8 Å². The Bertz CT molecular complexity index is 1200. The average molecular weight is 380 g/mol. The molecule has 29 heavy (non-hydrogen) atoms. The minimum Gasteiger partial charge on any atom is -0.399 e. The maximum absolute atomic E-state index is 6.22. The maximum Gasteiger partial charge on any atom is 0.494 e. The molecular weight excluding hydrogens is 355 g/mol. The summed E-state index contributed by atoms with van der Waals surface area (Å²) < 4.78 is 12.4. The van der Waals surface area contributed by atoms with Crippen LogP contribution in [0.1, 0.15) is 27.7 Å². The van der Waals surface area contributed by atoms with E-state index < -0.39 is 0 Å². The van der Waals surface area contributed by atoms with Crippen LogP contribution in [0.4, 0.5) is 0 Å². The Morgan fingerprint density at radius 1 is 0.621 bits per heavy atom. The van der Waals surface area contributed by atoms with Gasteiger partial charge < -0.3 is 9.31 Å². The van der Waals surface area contributed by atoms with Crippen LogP contribution < -0.4 is 5.46 Å². The topological polar surface area (TPSA) is 18.5 Å². The molecule has 0 radical (unpaired) electrons. The monoisotopic (exact) mass is 380 g/mol. The third-order valence-electron chi connectivity index (χ3n) is 6.49. The summed E-state index contributed by atoms with van der Waals surface area (Å²) >= 11 is 0. The van der Waals surface area contributed by atoms with E-state index in [1.54, 1.807) is 0 Å². The summed E-state index contributed by atoms with van der Waals surface area (Å²) in [4.78, 5) is 0. The fraction of sp³-hybridized carbons (Fsp3) is 0.231. The second kappa shape index (κ2) is 6.45. The van der Waals surface area contributed by atoms with Crippen LogP contribution in [0.15, 0.2) is 78.9 Å². The Hall–Kier alpha value is -2.62. The first-order valence-electron chi connectivity index (χ1n) is 10.2. The van der Waals surface area contributed by atoms with Crippen LogP contribution in [-0.2, 0) is 9.31 Å². The van der Waals surface area contributed by atoms with E-state index in [1.807, 2.05) is 0 Å². The van der Waals surface area contributed by atoms with Crippen LogP contribution in [0.2, 0.25) is 0 Å². The molecule has 0 aliphatic carbocycles. The van der Waals surface area contributed by atoms with Crippen molar-refractivity contribution in [3.8, 4) is 11.1 Å². The van der Waals surface area contributed by atoms with E-state index in [4.69, 9.17) is 9.31 Å². The van der Waals surface area contributed by atoms with Crippen LogP contribution in [0.3, 0.4) is 0 Å². The molecule has 0 aromatic heterocycles. The van der Waals surface area contributed by atoms with Crippen molar-refractivity contribution in [2.24, 2.45) is 0 Å². The first kappa shape index (κ1) is 18.4. The lowest BCUT2D eigenvalue weighted by Crippen LogP contribution is -2.41. The van der Waals surface area contributed by atoms with Crippen LogP contribution in [0, 0.1) is 0 Å². The van der Waals surface area contributed by atoms with Crippen molar-refractivity contribution in [3.63, 3.8) is 0 Å². The molecule has 144 valence electrons. The van der Waals surface area contributed by atoms with Crippen molar-refractivity contribution in [1.29, 1.82) is 0 Å². The van der Waals surface area contributed by atoms with Crippen LogP contribution in [-0.4, -0.2) is 18.3 Å². The second-order valence-electron chi connectivity index (χ2n) is 8.94. The molecular formula is C26H25BO2. The molecule has 0 unspecified atom stereocenters. The van der Waals surface area contributed by atoms with E-state index in [9.17, 15) is 0 Å². The van der Waals surface area contributed by atoms with Crippen molar-refractivity contribution in [2.45, 2.75) is 38.9 Å². The second-order valence-corrected chi connectivity index (χ2v) is 8.94. The van der Waals surface area contributed by atoms with Gasteiger partial charge in [0.25, 0.3) is 0 Å². The predicted octanol–water partition coefficient (Wildman–Crippen LogP) is 5.96. The molecule has 4 aromatic carbocycles. The highest BCUT2D eigenvalue weighted by Gasteiger charge is 2.51. The highest BCUT2D eigenvalue weighted by Crippen LogP contribution is 2.37. The maximum atomic E-state index is 6.22. The van der Waals surface area contributed by atoms with Crippen LogP contribution in [0.25, 0.3) is 32.7 Å². The standard InChI is InChI=1S/C26H25BO2/c1-25(2)26(3,4)29-27(28-25)22-15-14-19-16-21(13-12-20(19)17-22)24-11-7-9-18-8-5-6-10-23(18)24/h5-17H,1-4H3. The Labute approximate surface area is 172 Å². The predicted molar refractivity (Wildman–Crippen MR) is 123 cm³/mol. The summed E-state index contributed by atoms with van der Waals surface area (Å²) in [7, 11) is -0.331. The first-order valence-corrected chi connectivity index (χ1v) is 10.2.